The molecule has 8 nitrogen and oxygen atoms in total. The van der Waals surface area contributed by atoms with Crippen LogP contribution in [0.1, 0.15) is 59.9 Å². The Morgan fingerprint density at radius 2 is 1.78 bits per heavy atom. The van der Waals surface area contributed by atoms with Gasteiger partial charge in [0.1, 0.15) is 11.2 Å². The van der Waals surface area contributed by atoms with Crippen molar-refractivity contribution in [3.63, 3.8) is 0 Å². The molecule has 2 rings (SSSR count). The van der Waals surface area contributed by atoms with E-state index in [0.717, 1.165) is 36.2 Å². The van der Waals surface area contributed by atoms with Gasteiger partial charge in [-0.25, -0.2) is 9.59 Å². The lowest BCUT2D eigenvalue weighted by molar-refractivity contribution is 0.0524. The van der Waals surface area contributed by atoms with Crippen molar-refractivity contribution in [3.05, 3.63) is 23.8 Å². The van der Waals surface area contributed by atoms with Gasteiger partial charge in [-0.3, -0.25) is 4.90 Å². The van der Waals surface area contributed by atoms with Crippen LogP contribution >= 0.6 is 0 Å². The Labute approximate surface area is 192 Å². The molecule has 1 aliphatic rings. The van der Waals surface area contributed by atoms with E-state index in [9.17, 15) is 9.59 Å². The Hall–Kier alpha value is -2.48. The second-order valence-corrected chi connectivity index (χ2v) is 10.1. The summed E-state index contributed by atoms with van der Waals surface area (Å²) in [6, 6.07) is 6.12. The monoisotopic (exact) mass is 449 g/mol. The number of hydrogen-bond donors (Lipinski definition) is 2. The molecular weight excluding hydrogens is 410 g/mol. The number of alkyl carbamates (subject to hydrolysis) is 1. The number of rotatable bonds is 8. The summed E-state index contributed by atoms with van der Waals surface area (Å²) in [6.07, 6.45) is 1.69. The number of anilines is 2. The van der Waals surface area contributed by atoms with Crippen molar-refractivity contribution in [1.82, 2.24) is 5.32 Å². The van der Waals surface area contributed by atoms with Crippen LogP contribution in [-0.4, -0.2) is 56.2 Å². The van der Waals surface area contributed by atoms with Gasteiger partial charge in [0.2, 0.25) is 0 Å². The van der Waals surface area contributed by atoms with E-state index >= 15 is 0 Å². The Balaban J connectivity index is 1.90. The van der Waals surface area contributed by atoms with Crippen molar-refractivity contribution in [2.24, 2.45) is 0 Å². The van der Waals surface area contributed by atoms with E-state index in [-0.39, 0.29) is 12.1 Å². The average Bonchev–Trinajstić information content (AvgIpc) is 3.06. The summed E-state index contributed by atoms with van der Waals surface area (Å²) in [7, 11) is 1.68. The number of carbonyl (C=O) groups excluding carboxylic acids is 2. The lowest BCUT2D eigenvalue weighted by Gasteiger charge is -2.25. The number of amides is 2. The number of benzene rings is 1. The third kappa shape index (κ3) is 8.57. The summed E-state index contributed by atoms with van der Waals surface area (Å²) < 4.78 is 16.1. The SMILES string of the molecule is COCC(CCCNC(=O)OC(C)(C)C)Nc1ccc2c(c1)CCN2C(=O)OC(C)(C)C. The normalized spacial score (nSPS) is 14.5. The van der Waals surface area contributed by atoms with Gasteiger partial charge in [0, 0.05) is 31.9 Å². The Kier molecular flexibility index (Phi) is 8.78. The highest BCUT2D eigenvalue weighted by molar-refractivity contribution is 5.91. The molecular formula is C24H39N3O5. The summed E-state index contributed by atoms with van der Waals surface area (Å²) in [5.74, 6) is 0. The zero-order valence-electron chi connectivity index (χ0n) is 20.5. The van der Waals surface area contributed by atoms with Crippen LogP contribution in [0.25, 0.3) is 0 Å². The second kappa shape index (κ2) is 10.9. The number of hydrogen-bond acceptors (Lipinski definition) is 6. The van der Waals surface area contributed by atoms with Gasteiger partial charge < -0.3 is 24.8 Å². The standard InChI is InChI=1S/C24H39N3O5/c1-23(2,3)31-21(28)25-13-8-9-19(16-30-7)26-18-10-11-20-17(15-18)12-14-27(20)22(29)32-24(4,5)6/h10-11,15,19,26H,8-9,12-14,16H2,1-7H3,(H,25,28). The lowest BCUT2D eigenvalue weighted by atomic mass is 10.1. The van der Waals surface area contributed by atoms with Gasteiger partial charge in [0.05, 0.1) is 12.3 Å². The van der Waals surface area contributed by atoms with Crippen molar-refractivity contribution in [2.75, 3.05) is 37.0 Å². The lowest BCUT2D eigenvalue weighted by Crippen LogP contribution is -2.35. The molecule has 0 saturated heterocycles. The highest BCUT2D eigenvalue weighted by atomic mass is 16.6. The maximum atomic E-state index is 12.5. The Morgan fingerprint density at radius 1 is 1.09 bits per heavy atom. The molecule has 32 heavy (non-hydrogen) atoms. The van der Waals surface area contributed by atoms with Crippen LogP contribution in [0, 0.1) is 0 Å². The summed E-state index contributed by atoms with van der Waals surface area (Å²) in [6.45, 7) is 12.8. The maximum absolute atomic E-state index is 12.5. The maximum Gasteiger partial charge on any atom is 0.414 e. The second-order valence-electron chi connectivity index (χ2n) is 10.1. The molecule has 2 N–H and O–H groups in total. The van der Waals surface area contributed by atoms with Gasteiger partial charge in [-0.05, 0) is 84.6 Å². The minimum atomic E-state index is -0.521. The number of ether oxygens (including phenoxy) is 3. The molecule has 0 radical (unpaired) electrons. The molecule has 0 aliphatic carbocycles. The van der Waals surface area contributed by atoms with Crippen LogP contribution in [0.15, 0.2) is 18.2 Å². The van der Waals surface area contributed by atoms with Crippen molar-refractivity contribution in [1.29, 1.82) is 0 Å². The highest BCUT2D eigenvalue weighted by Gasteiger charge is 2.29. The predicted molar refractivity (Wildman–Crippen MR) is 126 cm³/mol. The van der Waals surface area contributed by atoms with Gasteiger partial charge in [-0.15, -0.1) is 0 Å². The largest absolute Gasteiger partial charge is 0.444 e. The summed E-state index contributed by atoms with van der Waals surface area (Å²) in [4.78, 5) is 25.9. The molecule has 0 aromatic heterocycles. The van der Waals surface area contributed by atoms with Gasteiger partial charge in [0.25, 0.3) is 0 Å². The molecule has 0 spiro atoms. The Bertz CT molecular complexity index is 783. The molecule has 180 valence electrons. The highest BCUT2D eigenvalue weighted by Crippen LogP contribution is 2.32. The molecule has 1 heterocycles. The van der Waals surface area contributed by atoms with Crippen molar-refractivity contribution in [2.45, 2.75) is 78.0 Å². The molecule has 1 aromatic rings. The van der Waals surface area contributed by atoms with E-state index in [0.29, 0.717) is 19.7 Å². The fraction of sp³-hybridized carbons (Fsp3) is 0.667. The Morgan fingerprint density at radius 3 is 2.41 bits per heavy atom. The fourth-order valence-electron chi connectivity index (χ4n) is 3.49. The average molecular weight is 450 g/mol. The van der Waals surface area contributed by atoms with Crippen LogP contribution in [0.5, 0.6) is 0 Å². The molecule has 8 heteroatoms. The van der Waals surface area contributed by atoms with E-state index in [1.807, 2.05) is 53.7 Å². The van der Waals surface area contributed by atoms with Crippen LogP contribution in [-0.2, 0) is 20.6 Å². The number of nitrogens with one attached hydrogen (secondary N) is 2. The molecule has 1 unspecified atom stereocenters. The quantitative estimate of drug-likeness (QED) is 0.559. The first kappa shape index (κ1) is 25.8. The minimum Gasteiger partial charge on any atom is -0.444 e. The van der Waals surface area contributed by atoms with E-state index in [2.05, 4.69) is 16.7 Å². The van der Waals surface area contributed by atoms with Crippen molar-refractivity contribution >= 4 is 23.6 Å². The van der Waals surface area contributed by atoms with Gasteiger partial charge >= 0.3 is 12.2 Å². The van der Waals surface area contributed by atoms with E-state index < -0.39 is 17.3 Å². The zero-order valence-corrected chi connectivity index (χ0v) is 20.5. The van der Waals surface area contributed by atoms with E-state index in [4.69, 9.17) is 14.2 Å². The minimum absolute atomic E-state index is 0.0989. The summed E-state index contributed by atoms with van der Waals surface area (Å²) in [5.41, 5.74) is 1.97. The molecule has 1 aliphatic heterocycles. The first-order valence-corrected chi connectivity index (χ1v) is 11.2. The smallest absolute Gasteiger partial charge is 0.414 e. The molecule has 0 saturated carbocycles. The molecule has 0 fully saturated rings. The first-order valence-electron chi connectivity index (χ1n) is 11.2. The summed E-state index contributed by atoms with van der Waals surface area (Å²) >= 11 is 0. The predicted octanol–water partition coefficient (Wildman–Crippen LogP) is 4.72. The van der Waals surface area contributed by atoms with Crippen LogP contribution in [0.3, 0.4) is 0 Å². The molecule has 1 atom stereocenters. The van der Waals surface area contributed by atoms with E-state index in [1.54, 1.807) is 12.0 Å². The van der Waals surface area contributed by atoms with Crippen molar-refractivity contribution < 1.29 is 23.8 Å². The molecule has 0 bridgehead atoms. The fourth-order valence-corrected chi connectivity index (χ4v) is 3.49. The molecule has 2 amide bonds. The first-order chi connectivity index (χ1) is 14.9. The van der Waals surface area contributed by atoms with Crippen LogP contribution in [0.2, 0.25) is 0 Å². The number of carbonyl (C=O) groups is 2. The number of methoxy groups -OCH3 is 1. The topological polar surface area (TPSA) is 89.1 Å². The number of fused-ring (bicyclic) bond motifs is 1. The van der Waals surface area contributed by atoms with E-state index in [1.165, 1.54) is 0 Å². The number of nitrogens with zero attached hydrogens (tertiary/aromatic N) is 1. The van der Waals surface area contributed by atoms with Gasteiger partial charge in [0.15, 0.2) is 0 Å². The third-order valence-corrected chi connectivity index (χ3v) is 4.73. The molecule has 1 aromatic carbocycles. The van der Waals surface area contributed by atoms with Crippen LogP contribution in [0.4, 0.5) is 21.0 Å². The van der Waals surface area contributed by atoms with Gasteiger partial charge in [-0.1, -0.05) is 0 Å². The van der Waals surface area contributed by atoms with Gasteiger partial charge in [-0.2, -0.15) is 0 Å². The summed E-state index contributed by atoms with van der Waals surface area (Å²) in [5, 5.41) is 6.30. The van der Waals surface area contributed by atoms with Crippen molar-refractivity contribution in [3.8, 4) is 0 Å². The zero-order chi connectivity index (χ0) is 23.9. The van der Waals surface area contributed by atoms with Crippen LogP contribution < -0.4 is 15.5 Å². The third-order valence-electron chi connectivity index (χ3n) is 4.73.